The summed E-state index contributed by atoms with van der Waals surface area (Å²) in [6.07, 6.45) is 2.68. The Hall–Kier alpha value is -4.29. The number of carbonyl (C=O) groups is 1. The number of hydrogen-bond acceptors (Lipinski definition) is 6. The smallest absolute Gasteiger partial charge is 0.338 e. The van der Waals surface area contributed by atoms with Crippen molar-refractivity contribution < 1.29 is 24.2 Å². The summed E-state index contributed by atoms with van der Waals surface area (Å²) < 4.78 is 11.8. The van der Waals surface area contributed by atoms with Gasteiger partial charge in [-0.15, -0.1) is 0 Å². The van der Waals surface area contributed by atoms with Gasteiger partial charge >= 0.3 is 5.97 Å². The van der Waals surface area contributed by atoms with Crippen LogP contribution < -0.4 is 9.80 Å². The summed E-state index contributed by atoms with van der Waals surface area (Å²) in [6, 6.07) is 31.1. The van der Waals surface area contributed by atoms with E-state index in [1.165, 1.54) is 11.1 Å². The number of aromatic hydroxyl groups is 1. The molecule has 1 heterocycles. The summed E-state index contributed by atoms with van der Waals surface area (Å²) in [6.45, 7) is 2.43. The average molecular weight is 536 g/mol. The molecule has 0 saturated carbocycles. The quantitative estimate of drug-likeness (QED) is 0.258. The van der Waals surface area contributed by atoms with Crippen LogP contribution in [0.1, 0.15) is 58.5 Å². The summed E-state index contributed by atoms with van der Waals surface area (Å²) in [7, 11) is 0. The van der Waals surface area contributed by atoms with Crippen molar-refractivity contribution in [1.82, 2.24) is 0 Å². The second kappa shape index (κ2) is 11.4. The number of para-hydroxylation sites is 1. The van der Waals surface area contributed by atoms with E-state index in [0.717, 1.165) is 30.5 Å². The molecule has 4 aromatic rings. The maximum Gasteiger partial charge on any atom is 0.338 e. The second-order valence-corrected chi connectivity index (χ2v) is 10.6. The van der Waals surface area contributed by atoms with Crippen molar-refractivity contribution in [2.45, 2.75) is 57.5 Å². The summed E-state index contributed by atoms with van der Waals surface area (Å²) >= 11 is 0. The van der Waals surface area contributed by atoms with Crippen molar-refractivity contribution in [3.63, 3.8) is 0 Å². The van der Waals surface area contributed by atoms with Gasteiger partial charge in [0, 0.05) is 18.4 Å². The monoisotopic (exact) mass is 535 g/mol. The molecular formula is C34H33NO5. The van der Waals surface area contributed by atoms with Crippen molar-refractivity contribution in [2.24, 2.45) is 0 Å². The van der Waals surface area contributed by atoms with Crippen LogP contribution in [-0.2, 0) is 29.0 Å². The van der Waals surface area contributed by atoms with Crippen LogP contribution in [0.2, 0.25) is 0 Å². The number of aryl methyl sites for hydroxylation is 1. The van der Waals surface area contributed by atoms with E-state index in [0.29, 0.717) is 29.9 Å². The van der Waals surface area contributed by atoms with Crippen LogP contribution in [0.4, 0.5) is 5.69 Å². The molecule has 6 rings (SSSR count). The Kier molecular flexibility index (Phi) is 7.43. The fourth-order valence-corrected chi connectivity index (χ4v) is 5.59. The van der Waals surface area contributed by atoms with Gasteiger partial charge in [0.2, 0.25) is 0 Å². The van der Waals surface area contributed by atoms with E-state index in [9.17, 15) is 9.90 Å². The summed E-state index contributed by atoms with van der Waals surface area (Å²) in [5.74, 6) is 0.186. The number of anilines is 1. The lowest BCUT2D eigenvalue weighted by Crippen LogP contribution is -2.27. The first-order valence-corrected chi connectivity index (χ1v) is 13.9. The highest BCUT2D eigenvalue weighted by molar-refractivity contribution is 5.90. The first-order chi connectivity index (χ1) is 19.5. The maximum atomic E-state index is 13.1. The number of rotatable bonds is 7. The molecule has 0 spiro atoms. The number of hydroxylamine groups is 1. The molecule has 1 saturated heterocycles. The van der Waals surface area contributed by atoms with Crippen molar-refractivity contribution in [2.75, 3.05) is 5.06 Å². The summed E-state index contributed by atoms with van der Waals surface area (Å²) in [5, 5.41) is 12.8. The topological polar surface area (TPSA) is 68.2 Å². The first kappa shape index (κ1) is 26.0. The average Bonchev–Trinajstić information content (AvgIpc) is 3.38. The van der Waals surface area contributed by atoms with Gasteiger partial charge in [-0.2, -0.15) is 0 Å². The molecule has 6 heteroatoms. The highest BCUT2D eigenvalue weighted by Gasteiger charge is 2.34. The Bertz CT molecular complexity index is 1490. The van der Waals surface area contributed by atoms with Crippen LogP contribution in [-0.4, -0.2) is 23.2 Å². The first-order valence-electron chi connectivity index (χ1n) is 13.9. The molecule has 204 valence electrons. The van der Waals surface area contributed by atoms with Gasteiger partial charge in [0.1, 0.15) is 18.8 Å². The third-order valence-corrected chi connectivity index (χ3v) is 7.72. The molecule has 1 aliphatic heterocycles. The van der Waals surface area contributed by atoms with Gasteiger partial charge in [0.05, 0.1) is 17.3 Å². The highest BCUT2D eigenvalue weighted by atomic mass is 16.7. The zero-order valence-corrected chi connectivity index (χ0v) is 22.5. The number of carbonyl (C=O) groups excluding carboxylic acids is 1. The molecule has 6 nitrogen and oxygen atoms in total. The Morgan fingerprint density at radius 1 is 0.950 bits per heavy atom. The Morgan fingerprint density at radius 3 is 2.58 bits per heavy atom. The molecule has 3 atom stereocenters. The van der Waals surface area contributed by atoms with Crippen molar-refractivity contribution >= 4 is 11.7 Å². The number of phenols is 1. The molecule has 40 heavy (non-hydrogen) atoms. The van der Waals surface area contributed by atoms with Crippen LogP contribution in [0.15, 0.2) is 97.1 Å². The minimum atomic E-state index is -0.354. The lowest BCUT2D eigenvalue weighted by Gasteiger charge is -2.25. The predicted molar refractivity (Wildman–Crippen MR) is 153 cm³/mol. The van der Waals surface area contributed by atoms with Gasteiger partial charge in [-0.3, -0.25) is 9.90 Å². The molecule has 0 amide bonds. The number of fused-ring (bicyclic) bond motifs is 1. The van der Waals surface area contributed by atoms with Crippen LogP contribution >= 0.6 is 0 Å². The number of nitrogens with zero attached hydrogens (tertiary/aromatic N) is 1. The van der Waals surface area contributed by atoms with Crippen LogP contribution in [0.25, 0.3) is 0 Å². The molecular weight excluding hydrogens is 502 g/mol. The summed E-state index contributed by atoms with van der Waals surface area (Å²) in [5.41, 5.74) is 5.56. The van der Waals surface area contributed by atoms with Gasteiger partial charge < -0.3 is 14.6 Å². The molecule has 2 aliphatic rings. The molecule has 0 bridgehead atoms. The van der Waals surface area contributed by atoms with E-state index in [4.69, 9.17) is 14.3 Å². The third kappa shape index (κ3) is 5.54. The minimum absolute atomic E-state index is 0.0272. The number of ether oxygens (including phenoxy) is 2. The molecule has 3 unspecified atom stereocenters. The zero-order valence-electron chi connectivity index (χ0n) is 22.5. The van der Waals surface area contributed by atoms with Crippen molar-refractivity contribution in [3.05, 3.63) is 125 Å². The number of esters is 1. The lowest BCUT2D eigenvalue weighted by molar-refractivity contribution is 0.0270. The van der Waals surface area contributed by atoms with Gasteiger partial charge in [0.25, 0.3) is 0 Å². The van der Waals surface area contributed by atoms with E-state index in [1.807, 2.05) is 71.8 Å². The zero-order chi connectivity index (χ0) is 27.5. The highest BCUT2D eigenvalue weighted by Crippen LogP contribution is 2.43. The van der Waals surface area contributed by atoms with Gasteiger partial charge in [-0.05, 0) is 60.7 Å². The van der Waals surface area contributed by atoms with Gasteiger partial charge in [0.15, 0.2) is 11.5 Å². The fourth-order valence-electron chi connectivity index (χ4n) is 5.59. The van der Waals surface area contributed by atoms with E-state index in [1.54, 1.807) is 12.1 Å². The normalized spacial score (nSPS) is 20.1. The Labute approximate surface area is 234 Å². The number of benzene rings is 4. The maximum absolute atomic E-state index is 13.1. The van der Waals surface area contributed by atoms with E-state index >= 15 is 0 Å². The number of hydrogen-bond donors (Lipinski definition) is 1. The summed E-state index contributed by atoms with van der Waals surface area (Å²) in [4.78, 5) is 19.4. The number of phenolic OH excluding ortho intramolecular Hbond substituents is 1. The van der Waals surface area contributed by atoms with Crippen LogP contribution in [0.5, 0.6) is 11.5 Å². The third-order valence-electron chi connectivity index (χ3n) is 7.72. The van der Waals surface area contributed by atoms with Crippen LogP contribution in [0, 0.1) is 0 Å². The fraction of sp³-hybridized carbons (Fsp3) is 0.265. The second-order valence-electron chi connectivity index (χ2n) is 10.6. The van der Waals surface area contributed by atoms with Crippen LogP contribution in [0.3, 0.4) is 0 Å². The van der Waals surface area contributed by atoms with Crippen molar-refractivity contribution in [3.8, 4) is 11.5 Å². The molecule has 1 fully saturated rings. The molecule has 1 N–H and O–H groups in total. The van der Waals surface area contributed by atoms with E-state index < -0.39 is 0 Å². The lowest BCUT2D eigenvalue weighted by atomic mass is 9.90. The predicted octanol–water partition coefficient (Wildman–Crippen LogP) is 6.96. The molecule has 0 radical (unpaired) electrons. The largest absolute Gasteiger partial charge is 0.504 e. The Balaban J connectivity index is 1.12. The minimum Gasteiger partial charge on any atom is -0.504 e. The SMILES string of the molecule is CC1CC(c2cccc(OCc3ccccc3)c2O)ON1c1cccc(C(=O)OC2CCc3ccccc3C2)c1. The van der Waals surface area contributed by atoms with E-state index in [2.05, 4.69) is 25.1 Å². The van der Waals surface area contributed by atoms with Crippen molar-refractivity contribution in [1.29, 1.82) is 0 Å². The molecule has 1 aliphatic carbocycles. The molecule has 0 aromatic heterocycles. The van der Waals surface area contributed by atoms with E-state index in [-0.39, 0.29) is 30.0 Å². The standard InChI is InChI=1S/C34H33NO5/c1-23-19-32(30-15-8-16-31(33(30)36)38-22-24-9-3-2-4-10-24)40-35(23)28-14-7-13-27(20-28)34(37)39-29-18-17-25-11-5-6-12-26(25)21-29/h2-16,20,23,29,32,36H,17-19,21-22H2,1H3. The van der Waals surface area contributed by atoms with Gasteiger partial charge in [-0.25, -0.2) is 4.79 Å². The molecule has 4 aromatic carbocycles. The van der Waals surface area contributed by atoms with Gasteiger partial charge in [-0.1, -0.05) is 72.8 Å². The Morgan fingerprint density at radius 2 is 1.73 bits per heavy atom.